The van der Waals surface area contributed by atoms with Gasteiger partial charge in [-0.15, -0.1) is 0 Å². The Morgan fingerprint density at radius 3 is 2.10 bits per heavy atom. The molecule has 0 aliphatic heterocycles. The second-order valence-electron chi connectivity index (χ2n) is 6.53. The molecule has 148 valence electrons. The third-order valence-corrected chi connectivity index (χ3v) is 4.59. The molecule has 2 aromatic carbocycles. The van der Waals surface area contributed by atoms with E-state index in [0.29, 0.717) is 16.8 Å². The van der Waals surface area contributed by atoms with Gasteiger partial charge in [-0.25, -0.2) is 9.48 Å². The van der Waals surface area contributed by atoms with Crippen molar-refractivity contribution in [2.24, 2.45) is 7.05 Å². The van der Waals surface area contributed by atoms with Crippen molar-refractivity contribution in [3.8, 4) is 22.4 Å². The maximum atomic E-state index is 13.1. The average molecular weight is 391 g/mol. The highest BCUT2D eigenvalue weighted by Crippen LogP contribution is 2.31. The highest BCUT2D eigenvalue weighted by molar-refractivity contribution is 6.04. The van der Waals surface area contributed by atoms with E-state index in [1.54, 1.807) is 31.2 Å². The van der Waals surface area contributed by atoms with Crippen LogP contribution in [-0.2, 0) is 11.8 Å². The third-order valence-electron chi connectivity index (χ3n) is 4.59. The molecule has 1 amide bonds. The Morgan fingerprint density at radius 2 is 1.59 bits per heavy atom. The molecule has 1 heterocycles. The zero-order valence-corrected chi connectivity index (χ0v) is 16.1. The molecule has 0 saturated heterocycles. The van der Waals surface area contributed by atoms with Crippen LogP contribution in [0, 0.1) is 0 Å². The second-order valence-corrected chi connectivity index (χ2v) is 6.53. The maximum absolute atomic E-state index is 13.1. The lowest BCUT2D eigenvalue weighted by Crippen LogP contribution is -2.43. The molecule has 1 unspecified atom stereocenters. The molecular formula is C22H21N3O4. The summed E-state index contributed by atoms with van der Waals surface area (Å²) in [6.45, 7) is 1.65. The number of carbonyl (C=O) groups excluding carboxylic acids is 1. The van der Waals surface area contributed by atoms with Crippen LogP contribution in [-0.4, -0.2) is 32.8 Å². The van der Waals surface area contributed by atoms with Crippen LogP contribution < -0.4 is 10.9 Å². The highest BCUT2D eigenvalue weighted by atomic mass is 16.4. The highest BCUT2D eigenvalue weighted by Gasteiger charge is 2.27. The molecule has 0 fully saturated rings. The average Bonchev–Trinajstić information content (AvgIpc) is 2.74. The topological polar surface area (TPSA) is 101 Å². The SMILES string of the molecule is CCC(NC(=O)c1c(-c2ccccc2)c(-c2ccccc2)nn(C)c1=O)C(=O)O. The van der Waals surface area contributed by atoms with E-state index in [4.69, 9.17) is 0 Å². The summed E-state index contributed by atoms with van der Waals surface area (Å²) in [5.74, 6) is -1.89. The lowest BCUT2D eigenvalue weighted by molar-refractivity contribution is -0.139. The summed E-state index contributed by atoms with van der Waals surface area (Å²) in [5, 5.41) is 16.2. The van der Waals surface area contributed by atoms with Crippen LogP contribution in [0.5, 0.6) is 0 Å². The Balaban J connectivity index is 2.29. The first-order valence-electron chi connectivity index (χ1n) is 9.19. The first-order chi connectivity index (χ1) is 13.9. The van der Waals surface area contributed by atoms with Crippen LogP contribution in [0.1, 0.15) is 23.7 Å². The number of aliphatic carboxylic acids is 1. The maximum Gasteiger partial charge on any atom is 0.326 e. The normalized spacial score (nSPS) is 11.7. The third kappa shape index (κ3) is 4.08. The molecular weight excluding hydrogens is 370 g/mol. The van der Waals surface area contributed by atoms with Gasteiger partial charge < -0.3 is 10.4 Å². The Kier molecular flexibility index (Phi) is 5.87. The van der Waals surface area contributed by atoms with Gasteiger partial charge in [0.15, 0.2) is 0 Å². The fraction of sp³-hybridized carbons (Fsp3) is 0.182. The number of aromatic nitrogens is 2. The van der Waals surface area contributed by atoms with Crippen LogP contribution in [0.15, 0.2) is 65.5 Å². The molecule has 29 heavy (non-hydrogen) atoms. The van der Waals surface area contributed by atoms with E-state index in [1.807, 2.05) is 36.4 Å². The van der Waals surface area contributed by atoms with Crippen LogP contribution in [0.3, 0.4) is 0 Å². The Labute approximate surface area is 167 Å². The van der Waals surface area contributed by atoms with E-state index in [9.17, 15) is 19.5 Å². The van der Waals surface area contributed by atoms with Gasteiger partial charge >= 0.3 is 5.97 Å². The number of benzene rings is 2. The molecule has 0 radical (unpaired) electrons. The van der Waals surface area contributed by atoms with Crippen molar-refractivity contribution in [3.05, 3.63) is 76.6 Å². The predicted octanol–water partition coefficient (Wildman–Crippen LogP) is 2.71. The molecule has 7 heteroatoms. The van der Waals surface area contributed by atoms with Crippen LogP contribution in [0.4, 0.5) is 0 Å². The van der Waals surface area contributed by atoms with E-state index in [0.717, 1.165) is 10.2 Å². The second kappa shape index (κ2) is 8.52. The molecule has 0 saturated carbocycles. The first-order valence-corrected chi connectivity index (χ1v) is 9.19. The number of hydrogen-bond donors (Lipinski definition) is 2. The van der Waals surface area contributed by atoms with Crippen molar-refractivity contribution in [3.63, 3.8) is 0 Å². The summed E-state index contributed by atoms with van der Waals surface area (Å²) in [6, 6.07) is 17.1. The monoisotopic (exact) mass is 391 g/mol. The Hall–Kier alpha value is -3.74. The molecule has 3 rings (SSSR count). The minimum atomic E-state index is -1.16. The number of nitrogens with one attached hydrogen (secondary N) is 1. The molecule has 7 nitrogen and oxygen atoms in total. The molecule has 0 aliphatic rings. The number of carboxylic acids is 1. The molecule has 0 bridgehead atoms. The van der Waals surface area contributed by atoms with Crippen molar-refractivity contribution in [1.29, 1.82) is 0 Å². The minimum absolute atomic E-state index is 0.132. The number of hydrogen-bond acceptors (Lipinski definition) is 4. The van der Waals surface area contributed by atoms with Gasteiger partial charge in [-0.1, -0.05) is 67.6 Å². The first kappa shape index (κ1) is 20.0. The van der Waals surface area contributed by atoms with E-state index in [-0.39, 0.29) is 12.0 Å². The number of rotatable bonds is 6. The van der Waals surface area contributed by atoms with Crippen molar-refractivity contribution in [2.45, 2.75) is 19.4 Å². The van der Waals surface area contributed by atoms with Gasteiger partial charge in [0.05, 0.1) is 5.69 Å². The van der Waals surface area contributed by atoms with Crippen molar-refractivity contribution < 1.29 is 14.7 Å². The lowest BCUT2D eigenvalue weighted by atomic mass is 9.95. The van der Waals surface area contributed by atoms with Crippen molar-refractivity contribution in [2.75, 3.05) is 0 Å². The Morgan fingerprint density at radius 1 is 1.03 bits per heavy atom. The van der Waals surface area contributed by atoms with Gasteiger partial charge in [0.2, 0.25) is 0 Å². The Bertz CT molecular complexity index is 1090. The fourth-order valence-electron chi connectivity index (χ4n) is 3.10. The zero-order chi connectivity index (χ0) is 21.0. The summed E-state index contributed by atoms with van der Waals surface area (Å²) in [6.07, 6.45) is 0.193. The summed E-state index contributed by atoms with van der Waals surface area (Å²) in [5.41, 5.74) is 1.49. The van der Waals surface area contributed by atoms with Gasteiger partial charge in [0, 0.05) is 18.2 Å². The molecule has 0 spiro atoms. The van der Waals surface area contributed by atoms with E-state index in [2.05, 4.69) is 10.4 Å². The summed E-state index contributed by atoms with van der Waals surface area (Å²) >= 11 is 0. The largest absolute Gasteiger partial charge is 0.480 e. The number of aryl methyl sites for hydroxylation is 1. The van der Waals surface area contributed by atoms with Gasteiger partial charge in [-0.3, -0.25) is 9.59 Å². The number of carboxylic acid groups (broad SMARTS) is 1. The van der Waals surface area contributed by atoms with Crippen LogP contribution in [0.25, 0.3) is 22.4 Å². The fourth-order valence-corrected chi connectivity index (χ4v) is 3.10. The summed E-state index contributed by atoms with van der Waals surface area (Å²) in [7, 11) is 1.47. The van der Waals surface area contributed by atoms with Gasteiger partial charge in [0.1, 0.15) is 11.6 Å². The smallest absolute Gasteiger partial charge is 0.326 e. The van der Waals surface area contributed by atoms with Crippen LogP contribution >= 0.6 is 0 Å². The van der Waals surface area contributed by atoms with Gasteiger partial charge in [-0.05, 0) is 12.0 Å². The van der Waals surface area contributed by atoms with Crippen molar-refractivity contribution >= 4 is 11.9 Å². The number of amides is 1. The molecule has 3 aromatic rings. The molecule has 1 aromatic heterocycles. The van der Waals surface area contributed by atoms with E-state index >= 15 is 0 Å². The molecule has 0 aliphatic carbocycles. The van der Waals surface area contributed by atoms with Gasteiger partial charge in [-0.2, -0.15) is 5.10 Å². The molecule has 2 N–H and O–H groups in total. The van der Waals surface area contributed by atoms with Gasteiger partial charge in [0.25, 0.3) is 11.5 Å². The number of nitrogens with zero attached hydrogens (tertiary/aromatic N) is 2. The standard InChI is InChI=1S/C22H21N3O4/c1-3-16(22(28)29)23-20(26)18-17(14-10-6-4-7-11-14)19(24-25(2)21(18)27)15-12-8-5-9-13-15/h4-13,16H,3H2,1-2H3,(H,23,26)(H,28,29). The number of carbonyl (C=O) groups is 2. The quantitative estimate of drug-likeness (QED) is 0.673. The van der Waals surface area contributed by atoms with Crippen LogP contribution in [0.2, 0.25) is 0 Å². The predicted molar refractivity (Wildman–Crippen MR) is 110 cm³/mol. The molecule has 1 atom stereocenters. The van der Waals surface area contributed by atoms with E-state index in [1.165, 1.54) is 7.05 Å². The lowest BCUT2D eigenvalue weighted by Gasteiger charge is -2.17. The zero-order valence-electron chi connectivity index (χ0n) is 16.1. The summed E-state index contributed by atoms with van der Waals surface area (Å²) < 4.78 is 1.10. The minimum Gasteiger partial charge on any atom is -0.480 e. The summed E-state index contributed by atoms with van der Waals surface area (Å²) in [4.78, 5) is 37.4. The van der Waals surface area contributed by atoms with Crippen molar-refractivity contribution in [1.82, 2.24) is 15.1 Å². The van der Waals surface area contributed by atoms with E-state index < -0.39 is 23.5 Å².